The van der Waals surface area contributed by atoms with E-state index in [4.69, 9.17) is 0 Å². The first-order valence-electron chi connectivity index (χ1n) is 6.77. The molecule has 92 valence electrons. The SMILES string of the molecule is CC1CNCC(NC(=O)C2CCCCC2)C1. The number of rotatable bonds is 2. The molecule has 1 aliphatic carbocycles. The van der Waals surface area contributed by atoms with E-state index in [0.717, 1.165) is 32.4 Å². The van der Waals surface area contributed by atoms with Gasteiger partial charge in [0.2, 0.25) is 5.91 Å². The minimum atomic E-state index is 0.297. The van der Waals surface area contributed by atoms with Gasteiger partial charge >= 0.3 is 0 Å². The van der Waals surface area contributed by atoms with Crippen LogP contribution >= 0.6 is 0 Å². The maximum atomic E-state index is 12.0. The van der Waals surface area contributed by atoms with Crippen molar-refractivity contribution in [1.29, 1.82) is 0 Å². The smallest absolute Gasteiger partial charge is 0.223 e. The van der Waals surface area contributed by atoms with Crippen molar-refractivity contribution < 1.29 is 4.79 Å². The zero-order valence-corrected chi connectivity index (χ0v) is 10.3. The van der Waals surface area contributed by atoms with E-state index in [-0.39, 0.29) is 0 Å². The number of carbonyl (C=O) groups excluding carboxylic acids is 1. The van der Waals surface area contributed by atoms with Crippen LogP contribution in [0.1, 0.15) is 45.4 Å². The molecule has 1 amide bonds. The van der Waals surface area contributed by atoms with E-state index in [0.29, 0.717) is 23.8 Å². The normalized spacial score (nSPS) is 32.3. The molecule has 3 nitrogen and oxygen atoms in total. The van der Waals surface area contributed by atoms with Crippen LogP contribution in [0.4, 0.5) is 0 Å². The molecule has 0 bridgehead atoms. The topological polar surface area (TPSA) is 41.1 Å². The standard InChI is InChI=1S/C13H24N2O/c1-10-7-12(9-14-8-10)15-13(16)11-5-3-2-4-6-11/h10-12,14H,2-9H2,1H3,(H,15,16). The lowest BCUT2D eigenvalue weighted by molar-refractivity contribution is -0.126. The Kier molecular flexibility index (Phi) is 4.22. The summed E-state index contributed by atoms with van der Waals surface area (Å²) in [5, 5.41) is 6.60. The predicted molar refractivity (Wildman–Crippen MR) is 65.2 cm³/mol. The lowest BCUT2D eigenvalue weighted by Gasteiger charge is -2.30. The van der Waals surface area contributed by atoms with E-state index < -0.39 is 0 Å². The third kappa shape index (κ3) is 3.21. The fourth-order valence-electron chi connectivity index (χ4n) is 2.95. The van der Waals surface area contributed by atoms with Crippen molar-refractivity contribution in [3.05, 3.63) is 0 Å². The molecule has 2 rings (SSSR count). The minimum Gasteiger partial charge on any atom is -0.352 e. The van der Waals surface area contributed by atoms with E-state index in [9.17, 15) is 4.79 Å². The van der Waals surface area contributed by atoms with Crippen LogP contribution in [0, 0.1) is 11.8 Å². The molecule has 2 fully saturated rings. The van der Waals surface area contributed by atoms with E-state index in [2.05, 4.69) is 17.6 Å². The summed E-state index contributed by atoms with van der Waals surface area (Å²) in [6.07, 6.45) is 7.11. The molecule has 2 unspecified atom stereocenters. The Balaban J connectivity index is 1.77. The zero-order valence-electron chi connectivity index (χ0n) is 10.3. The number of hydrogen-bond acceptors (Lipinski definition) is 2. The van der Waals surface area contributed by atoms with Crippen molar-refractivity contribution in [2.24, 2.45) is 11.8 Å². The first-order valence-corrected chi connectivity index (χ1v) is 6.77. The fourth-order valence-corrected chi connectivity index (χ4v) is 2.95. The van der Waals surface area contributed by atoms with Crippen LogP contribution < -0.4 is 10.6 Å². The average Bonchev–Trinajstić information content (AvgIpc) is 2.30. The highest BCUT2D eigenvalue weighted by Crippen LogP contribution is 2.24. The summed E-state index contributed by atoms with van der Waals surface area (Å²) < 4.78 is 0. The molecule has 0 spiro atoms. The molecule has 0 aromatic carbocycles. The monoisotopic (exact) mass is 224 g/mol. The van der Waals surface area contributed by atoms with Gasteiger partial charge in [-0.1, -0.05) is 26.2 Å². The highest BCUT2D eigenvalue weighted by atomic mass is 16.1. The van der Waals surface area contributed by atoms with Crippen molar-refractivity contribution in [3.63, 3.8) is 0 Å². The van der Waals surface area contributed by atoms with E-state index in [1.54, 1.807) is 0 Å². The lowest BCUT2D eigenvalue weighted by atomic mass is 9.88. The Morgan fingerprint density at radius 3 is 2.62 bits per heavy atom. The zero-order chi connectivity index (χ0) is 11.4. The summed E-state index contributed by atoms with van der Waals surface area (Å²) in [5.74, 6) is 1.29. The van der Waals surface area contributed by atoms with Gasteiger partial charge in [0, 0.05) is 18.5 Å². The first-order chi connectivity index (χ1) is 7.75. The molecule has 0 aromatic rings. The number of nitrogens with one attached hydrogen (secondary N) is 2. The van der Waals surface area contributed by atoms with Gasteiger partial charge in [-0.05, 0) is 31.7 Å². The number of carbonyl (C=O) groups is 1. The second kappa shape index (κ2) is 5.67. The molecule has 1 heterocycles. The van der Waals surface area contributed by atoms with Gasteiger partial charge in [-0.25, -0.2) is 0 Å². The maximum Gasteiger partial charge on any atom is 0.223 e. The van der Waals surface area contributed by atoms with Gasteiger partial charge in [-0.2, -0.15) is 0 Å². The number of piperidine rings is 1. The van der Waals surface area contributed by atoms with Crippen LogP contribution in [0.3, 0.4) is 0 Å². The molecular formula is C13H24N2O. The lowest BCUT2D eigenvalue weighted by Crippen LogP contribution is -2.49. The van der Waals surface area contributed by atoms with E-state index in [1.165, 1.54) is 19.3 Å². The first kappa shape index (κ1) is 11.9. The molecule has 2 aliphatic rings. The van der Waals surface area contributed by atoms with Gasteiger partial charge in [0.1, 0.15) is 0 Å². The van der Waals surface area contributed by atoms with Crippen LogP contribution in [0.25, 0.3) is 0 Å². The summed E-state index contributed by atoms with van der Waals surface area (Å²) in [5.41, 5.74) is 0. The molecular weight excluding hydrogens is 200 g/mol. The van der Waals surface area contributed by atoms with Crippen molar-refractivity contribution in [2.75, 3.05) is 13.1 Å². The van der Waals surface area contributed by atoms with Gasteiger partial charge in [0.25, 0.3) is 0 Å². The summed E-state index contributed by atoms with van der Waals surface area (Å²) >= 11 is 0. The van der Waals surface area contributed by atoms with Gasteiger partial charge < -0.3 is 10.6 Å². The molecule has 16 heavy (non-hydrogen) atoms. The summed E-state index contributed by atoms with van der Waals surface area (Å²) in [7, 11) is 0. The average molecular weight is 224 g/mol. The summed E-state index contributed by atoms with van der Waals surface area (Å²) in [4.78, 5) is 12.0. The van der Waals surface area contributed by atoms with Crippen molar-refractivity contribution >= 4 is 5.91 Å². The second-order valence-electron chi connectivity index (χ2n) is 5.54. The summed E-state index contributed by atoms with van der Waals surface area (Å²) in [6, 6.07) is 0.359. The molecule has 0 aromatic heterocycles. The Bertz CT molecular complexity index is 236. The van der Waals surface area contributed by atoms with Crippen molar-refractivity contribution in [3.8, 4) is 0 Å². The molecule has 1 aliphatic heterocycles. The fraction of sp³-hybridized carbons (Fsp3) is 0.923. The Morgan fingerprint density at radius 1 is 1.19 bits per heavy atom. The Labute approximate surface area is 98.4 Å². The highest BCUT2D eigenvalue weighted by molar-refractivity contribution is 5.79. The maximum absolute atomic E-state index is 12.0. The second-order valence-corrected chi connectivity index (χ2v) is 5.54. The molecule has 2 atom stereocenters. The van der Waals surface area contributed by atoms with Crippen molar-refractivity contribution in [1.82, 2.24) is 10.6 Å². The molecule has 2 N–H and O–H groups in total. The van der Waals surface area contributed by atoms with Crippen LogP contribution in [-0.2, 0) is 4.79 Å². The van der Waals surface area contributed by atoms with E-state index >= 15 is 0 Å². The Hall–Kier alpha value is -0.570. The number of hydrogen-bond donors (Lipinski definition) is 2. The van der Waals surface area contributed by atoms with Crippen LogP contribution in [-0.4, -0.2) is 25.0 Å². The highest BCUT2D eigenvalue weighted by Gasteiger charge is 2.25. The van der Waals surface area contributed by atoms with E-state index in [1.807, 2.05) is 0 Å². The Morgan fingerprint density at radius 2 is 1.94 bits per heavy atom. The van der Waals surface area contributed by atoms with Crippen LogP contribution in [0.15, 0.2) is 0 Å². The third-order valence-electron chi connectivity index (χ3n) is 3.89. The predicted octanol–water partition coefficient (Wildman–Crippen LogP) is 1.68. The van der Waals surface area contributed by atoms with Gasteiger partial charge in [-0.3, -0.25) is 4.79 Å². The molecule has 1 saturated heterocycles. The van der Waals surface area contributed by atoms with Crippen LogP contribution in [0.5, 0.6) is 0 Å². The van der Waals surface area contributed by atoms with Gasteiger partial charge in [0.15, 0.2) is 0 Å². The van der Waals surface area contributed by atoms with Gasteiger partial charge in [0.05, 0.1) is 0 Å². The molecule has 3 heteroatoms. The molecule has 0 radical (unpaired) electrons. The minimum absolute atomic E-state index is 0.297. The molecule has 1 saturated carbocycles. The summed E-state index contributed by atoms with van der Waals surface area (Å²) in [6.45, 7) is 4.28. The van der Waals surface area contributed by atoms with Crippen LogP contribution in [0.2, 0.25) is 0 Å². The number of amides is 1. The quantitative estimate of drug-likeness (QED) is 0.749. The van der Waals surface area contributed by atoms with Gasteiger partial charge in [-0.15, -0.1) is 0 Å². The van der Waals surface area contributed by atoms with Crippen molar-refractivity contribution in [2.45, 2.75) is 51.5 Å². The third-order valence-corrected chi connectivity index (χ3v) is 3.89. The largest absolute Gasteiger partial charge is 0.352 e.